The van der Waals surface area contributed by atoms with Crippen LogP contribution in [-0.4, -0.2) is 11.1 Å². The maximum absolute atomic E-state index is 13.0. The van der Waals surface area contributed by atoms with Crippen LogP contribution in [0.4, 0.5) is 4.39 Å². The van der Waals surface area contributed by atoms with Gasteiger partial charge in [0.2, 0.25) is 0 Å². The highest BCUT2D eigenvalue weighted by molar-refractivity contribution is 5.66. The summed E-state index contributed by atoms with van der Waals surface area (Å²) in [4.78, 5) is 10.2. The molecule has 0 saturated carbocycles. The second-order valence-corrected chi connectivity index (χ2v) is 3.33. The molecule has 0 bridgehead atoms. The summed E-state index contributed by atoms with van der Waals surface area (Å²) in [5, 5.41) is 8.42. The topological polar surface area (TPSA) is 37.3 Å². The molecule has 0 aromatic heterocycles. The highest BCUT2D eigenvalue weighted by atomic mass is 19.1. The predicted octanol–water partition coefficient (Wildman–Crippen LogP) is 2.54. The highest BCUT2D eigenvalue weighted by Crippen LogP contribution is 2.11. The summed E-state index contributed by atoms with van der Waals surface area (Å²) in [6.07, 6.45) is 1.30. The van der Waals surface area contributed by atoms with Crippen LogP contribution in [0.2, 0.25) is 0 Å². The first-order valence-corrected chi connectivity index (χ1v) is 4.56. The Morgan fingerprint density at radius 2 is 2.21 bits per heavy atom. The molecule has 3 heteroatoms. The fourth-order valence-corrected chi connectivity index (χ4v) is 1.24. The third kappa shape index (κ3) is 3.17. The van der Waals surface area contributed by atoms with Crippen LogP contribution in [0.1, 0.15) is 24.0 Å². The molecular formula is C11H13FO2. The molecule has 1 aromatic rings. The van der Waals surface area contributed by atoms with Crippen LogP contribution in [-0.2, 0) is 11.2 Å². The monoisotopic (exact) mass is 196 g/mol. The van der Waals surface area contributed by atoms with Gasteiger partial charge in [-0.1, -0.05) is 12.1 Å². The van der Waals surface area contributed by atoms with E-state index in [2.05, 4.69) is 0 Å². The molecule has 0 saturated heterocycles. The zero-order valence-corrected chi connectivity index (χ0v) is 8.09. The fourth-order valence-electron chi connectivity index (χ4n) is 1.24. The molecule has 0 aliphatic carbocycles. The number of aliphatic carboxylic acids is 1. The van der Waals surface area contributed by atoms with Gasteiger partial charge in [0, 0.05) is 6.42 Å². The maximum Gasteiger partial charge on any atom is 0.303 e. The molecule has 0 heterocycles. The second-order valence-electron chi connectivity index (χ2n) is 3.33. The average Bonchev–Trinajstić information content (AvgIpc) is 2.10. The Hall–Kier alpha value is -1.38. The van der Waals surface area contributed by atoms with Crippen LogP contribution in [0, 0.1) is 12.7 Å². The summed E-state index contributed by atoms with van der Waals surface area (Å²) in [5.74, 6) is -1.03. The summed E-state index contributed by atoms with van der Waals surface area (Å²) in [6, 6.07) is 5.02. The molecule has 0 aliphatic rings. The van der Waals surface area contributed by atoms with Crippen molar-refractivity contribution in [2.45, 2.75) is 26.2 Å². The van der Waals surface area contributed by atoms with Crippen LogP contribution in [0.3, 0.4) is 0 Å². The summed E-state index contributed by atoms with van der Waals surface area (Å²) < 4.78 is 13.0. The summed E-state index contributed by atoms with van der Waals surface area (Å²) in [5.41, 5.74) is 1.47. The number of halogens is 1. The Balaban J connectivity index is 2.51. The van der Waals surface area contributed by atoms with E-state index in [1.165, 1.54) is 6.07 Å². The van der Waals surface area contributed by atoms with Crippen molar-refractivity contribution in [2.75, 3.05) is 0 Å². The van der Waals surface area contributed by atoms with Crippen molar-refractivity contribution in [2.24, 2.45) is 0 Å². The molecule has 0 unspecified atom stereocenters. The van der Waals surface area contributed by atoms with Crippen LogP contribution in [0.25, 0.3) is 0 Å². The van der Waals surface area contributed by atoms with Crippen LogP contribution >= 0.6 is 0 Å². The molecule has 0 radical (unpaired) electrons. The van der Waals surface area contributed by atoms with E-state index in [1.807, 2.05) is 6.07 Å². The van der Waals surface area contributed by atoms with E-state index in [9.17, 15) is 9.18 Å². The van der Waals surface area contributed by atoms with Crippen molar-refractivity contribution in [1.82, 2.24) is 0 Å². The highest BCUT2D eigenvalue weighted by Gasteiger charge is 2.01. The minimum absolute atomic E-state index is 0.134. The zero-order chi connectivity index (χ0) is 10.6. The van der Waals surface area contributed by atoms with E-state index in [1.54, 1.807) is 13.0 Å². The second kappa shape index (κ2) is 4.74. The van der Waals surface area contributed by atoms with Crippen LogP contribution in [0.5, 0.6) is 0 Å². The minimum atomic E-state index is -0.808. The molecule has 0 fully saturated rings. The van der Waals surface area contributed by atoms with Gasteiger partial charge in [-0.25, -0.2) is 4.39 Å². The Kier molecular flexibility index (Phi) is 3.63. The Labute approximate surface area is 82.4 Å². The zero-order valence-electron chi connectivity index (χ0n) is 8.09. The number of carboxylic acid groups (broad SMARTS) is 1. The largest absolute Gasteiger partial charge is 0.481 e. The molecule has 0 amide bonds. The van der Waals surface area contributed by atoms with Crippen molar-refractivity contribution >= 4 is 5.97 Å². The number of rotatable bonds is 4. The molecule has 0 atom stereocenters. The van der Waals surface area contributed by atoms with E-state index in [0.717, 1.165) is 5.56 Å². The summed E-state index contributed by atoms with van der Waals surface area (Å²) in [6.45, 7) is 1.70. The van der Waals surface area contributed by atoms with E-state index in [0.29, 0.717) is 18.4 Å². The maximum atomic E-state index is 13.0. The van der Waals surface area contributed by atoms with Gasteiger partial charge in [-0.2, -0.15) is 0 Å². The lowest BCUT2D eigenvalue weighted by atomic mass is 10.1. The molecule has 0 aliphatic heterocycles. The lowest BCUT2D eigenvalue weighted by molar-refractivity contribution is -0.137. The van der Waals surface area contributed by atoms with Gasteiger partial charge in [0.05, 0.1) is 0 Å². The van der Waals surface area contributed by atoms with E-state index in [-0.39, 0.29) is 12.2 Å². The molecule has 76 valence electrons. The molecule has 1 N–H and O–H groups in total. The molecule has 1 aromatic carbocycles. The number of hydrogen-bond donors (Lipinski definition) is 1. The third-order valence-corrected chi connectivity index (χ3v) is 2.09. The number of benzene rings is 1. The molecule has 2 nitrogen and oxygen atoms in total. The number of carbonyl (C=O) groups is 1. The SMILES string of the molecule is Cc1ccc(CCCC(=O)O)cc1F. The van der Waals surface area contributed by atoms with Crippen LogP contribution in [0.15, 0.2) is 18.2 Å². The molecule has 1 rings (SSSR count). The van der Waals surface area contributed by atoms with Gasteiger partial charge in [-0.3, -0.25) is 4.79 Å². The van der Waals surface area contributed by atoms with Crippen molar-refractivity contribution in [3.8, 4) is 0 Å². The summed E-state index contributed by atoms with van der Waals surface area (Å²) in [7, 11) is 0. The Bertz CT molecular complexity index is 334. The van der Waals surface area contributed by atoms with Gasteiger partial charge >= 0.3 is 5.97 Å². The molecule has 14 heavy (non-hydrogen) atoms. The van der Waals surface area contributed by atoms with Crippen molar-refractivity contribution in [3.05, 3.63) is 35.1 Å². The fraction of sp³-hybridized carbons (Fsp3) is 0.364. The number of aryl methyl sites for hydroxylation is 2. The van der Waals surface area contributed by atoms with Gasteiger partial charge in [-0.15, -0.1) is 0 Å². The molecular weight excluding hydrogens is 183 g/mol. The first kappa shape index (κ1) is 10.7. The summed E-state index contributed by atoms with van der Waals surface area (Å²) >= 11 is 0. The average molecular weight is 196 g/mol. The lowest BCUT2D eigenvalue weighted by Crippen LogP contribution is -1.96. The van der Waals surface area contributed by atoms with Crippen LogP contribution < -0.4 is 0 Å². The van der Waals surface area contributed by atoms with Gasteiger partial charge in [0.1, 0.15) is 5.82 Å². The van der Waals surface area contributed by atoms with Crippen molar-refractivity contribution in [3.63, 3.8) is 0 Å². The van der Waals surface area contributed by atoms with Gasteiger partial charge in [0.15, 0.2) is 0 Å². The van der Waals surface area contributed by atoms with E-state index in [4.69, 9.17) is 5.11 Å². The third-order valence-electron chi connectivity index (χ3n) is 2.09. The van der Waals surface area contributed by atoms with Crippen molar-refractivity contribution in [1.29, 1.82) is 0 Å². The quantitative estimate of drug-likeness (QED) is 0.803. The Morgan fingerprint density at radius 1 is 1.50 bits per heavy atom. The van der Waals surface area contributed by atoms with E-state index < -0.39 is 5.97 Å². The first-order chi connectivity index (χ1) is 6.59. The number of carboxylic acids is 1. The smallest absolute Gasteiger partial charge is 0.303 e. The van der Waals surface area contributed by atoms with Gasteiger partial charge in [0.25, 0.3) is 0 Å². The normalized spacial score (nSPS) is 10.1. The minimum Gasteiger partial charge on any atom is -0.481 e. The van der Waals surface area contributed by atoms with Gasteiger partial charge < -0.3 is 5.11 Å². The lowest BCUT2D eigenvalue weighted by Gasteiger charge is -2.01. The van der Waals surface area contributed by atoms with E-state index >= 15 is 0 Å². The number of hydrogen-bond acceptors (Lipinski definition) is 1. The first-order valence-electron chi connectivity index (χ1n) is 4.56. The molecule has 0 spiro atoms. The van der Waals surface area contributed by atoms with Gasteiger partial charge in [-0.05, 0) is 37.0 Å². The standard InChI is InChI=1S/C11H13FO2/c1-8-5-6-9(7-10(8)12)3-2-4-11(13)14/h5-7H,2-4H2,1H3,(H,13,14). The Morgan fingerprint density at radius 3 is 2.79 bits per heavy atom. The van der Waals surface area contributed by atoms with Crippen molar-refractivity contribution < 1.29 is 14.3 Å². The predicted molar refractivity (Wildman–Crippen MR) is 51.7 cm³/mol.